The van der Waals surface area contributed by atoms with Crippen LogP contribution in [-0.4, -0.2) is 13.1 Å². The monoisotopic (exact) mass is 231 g/mol. The maximum atomic E-state index is 3.60. The Kier molecular flexibility index (Phi) is 3.58. The summed E-state index contributed by atoms with van der Waals surface area (Å²) < 4.78 is 0. The second kappa shape index (κ2) is 4.81. The summed E-state index contributed by atoms with van der Waals surface area (Å²) in [7, 11) is 0. The minimum Gasteiger partial charge on any atom is -0.316 e. The van der Waals surface area contributed by atoms with E-state index < -0.39 is 0 Å². The van der Waals surface area contributed by atoms with Crippen LogP contribution < -0.4 is 5.32 Å². The maximum Gasteiger partial charge on any atom is 0.0107 e. The van der Waals surface area contributed by atoms with Gasteiger partial charge in [-0.25, -0.2) is 0 Å². The quantitative estimate of drug-likeness (QED) is 0.764. The van der Waals surface area contributed by atoms with Crippen LogP contribution in [0, 0.1) is 19.8 Å². The first-order valence-electron chi connectivity index (χ1n) is 6.88. The van der Waals surface area contributed by atoms with Crippen LogP contribution >= 0.6 is 0 Å². The number of hydrogen-bond donors (Lipinski definition) is 1. The highest BCUT2D eigenvalue weighted by atomic mass is 14.9. The topological polar surface area (TPSA) is 12.0 Å². The molecule has 0 radical (unpaired) electrons. The Labute approximate surface area is 106 Å². The summed E-state index contributed by atoms with van der Waals surface area (Å²) in [6.07, 6.45) is 2.56. The molecule has 0 saturated heterocycles. The summed E-state index contributed by atoms with van der Waals surface area (Å²) in [6, 6.07) is 7.00. The molecule has 1 fully saturated rings. The van der Waals surface area contributed by atoms with Crippen LogP contribution in [0.1, 0.15) is 43.4 Å². The molecule has 1 N–H and O–H groups in total. The van der Waals surface area contributed by atoms with Crippen molar-refractivity contribution in [1.82, 2.24) is 5.32 Å². The van der Waals surface area contributed by atoms with E-state index >= 15 is 0 Å². The molecule has 1 aromatic rings. The van der Waals surface area contributed by atoms with Gasteiger partial charge in [0.15, 0.2) is 0 Å². The smallest absolute Gasteiger partial charge is 0.0107 e. The Morgan fingerprint density at radius 2 is 2.00 bits per heavy atom. The fourth-order valence-electron chi connectivity index (χ4n) is 2.78. The number of benzene rings is 1. The molecule has 0 aliphatic heterocycles. The molecule has 94 valence electrons. The van der Waals surface area contributed by atoms with Crippen molar-refractivity contribution in [3.8, 4) is 0 Å². The molecule has 1 heteroatoms. The number of nitrogens with one attached hydrogen (secondary N) is 1. The molecule has 1 nitrogen and oxygen atoms in total. The Morgan fingerprint density at radius 1 is 1.29 bits per heavy atom. The zero-order valence-corrected chi connectivity index (χ0v) is 11.6. The molecule has 0 bridgehead atoms. The van der Waals surface area contributed by atoms with Gasteiger partial charge in [0.25, 0.3) is 0 Å². The summed E-state index contributed by atoms with van der Waals surface area (Å²) >= 11 is 0. The largest absolute Gasteiger partial charge is 0.316 e. The highest BCUT2D eigenvalue weighted by Gasteiger charge is 2.51. The van der Waals surface area contributed by atoms with Crippen molar-refractivity contribution in [1.29, 1.82) is 0 Å². The van der Waals surface area contributed by atoms with E-state index in [1.54, 1.807) is 0 Å². The highest BCUT2D eigenvalue weighted by molar-refractivity contribution is 5.39. The normalized spacial score (nSPS) is 27.2. The lowest BCUT2D eigenvalue weighted by molar-refractivity contribution is 0.541. The van der Waals surface area contributed by atoms with E-state index in [4.69, 9.17) is 0 Å². The predicted octanol–water partition coefficient (Wildman–Crippen LogP) is 3.58. The van der Waals surface area contributed by atoms with E-state index in [9.17, 15) is 0 Å². The maximum absolute atomic E-state index is 3.60. The molecule has 2 unspecified atom stereocenters. The van der Waals surface area contributed by atoms with E-state index in [2.05, 4.69) is 51.2 Å². The van der Waals surface area contributed by atoms with Crippen molar-refractivity contribution in [3.05, 3.63) is 34.9 Å². The molecule has 1 saturated carbocycles. The van der Waals surface area contributed by atoms with E-state index in [0.717, 1.165) is 19.0 Å². The number of rotatable bonds is 5. The Hall–Kier alpha value is -0.820. The van der Waals surface area contributed by atoms with Gasteiger partial charge in [0, 0.05) is 12.0 Å². The molecule has 1 aliphatic carbocycles. The van der Waals surface area contributed by atoms with Crippen molar-refractivity contribution in [2.45, 2.75) is 46.0 Å². The van der Waals surface area contributed by atoms with Crippen LogP contribution in [0.3, 0.4) is 0 Å². The van der Waals surface area contributed by atoms with Gasteiger partial charge in [-0.3, -0.25) is 0 Å². The van der Waals surface area contributed by atoms with Crippen molar-refractivity contribution in [2.75, 3.05) is 13.1 Å². The summed E-state index contributed by atoms with van der Waals surface area (Å²) in [5, 5.41) is 3.60. The van der Waals surface area contributed by atoms with Crippen molar-refractivity contribution >= 4 is 0 Å². The van der Waals surface area contributed by atoms with Crippen LogP contribution in [0.2, 0.25) is 0 Å². The van der Waals surface area contributed by atoms with E-state index in [1.165, 1.54) is 29.5 Å². The summed E-state index contributed by atoms with van der Waals surface area (Å²) in [5.74, 6) is 0.828. The van der Waals surface area contributed by atoms with Crippen LogP contribution in [-0.2, 0) is 5.41 Å². The Balaban J connectivity index is 2.15. The first kappa shape index (κ1) is 12.6. The zero-order valence-electron chi connectivity index (χ0n) is 11.6. The van der Waals surface area contributed by atoms with Gasteiger partial charge in [-0.15, -0.1) is 0 Å². The third-order valence-corrected chi connectivity index (χ3v) is 4.40. The lowest BCUT2D eigenvalue weighted by Crippen LogP contribution is -2.29. The minimum absolute atomic E-state index is 0.424. The fourth-order valence-corrected chi connectivity index (χ4v) is 2.78. The van der Waals surface area contributed by atoms with Crippen molar-refractivity contribution in [3.63, 3.8) is 0 Å². The second-order valence-electron chi connectivity index (χ2n) is 5.74. The SMILES string of the molecule is CCCNCC1(c2ccc(C)c(C)c2)CC1C. The van der Waals surface area contributed by atoms with Crippen LogP contribution in [0.25, 0.3) is 0 Å². The lowest BCUT2D eigenvalue weighted by Gasteiger charge is -2.19. The van der Waals surface area contributed by atoms with Crippen LogP contribution in [0.5, 0.6) is 0 Å². The Morgan fingerprint density at radius 3 is 2.53 bits per heavy atom. The predicted molar refractivity (Wildman–Crippen MR) is 74.5 cm³/mol. The number of hydrogen-bond acceptors (Lipinski definition) is 1. The van der Waals surface area contributed by atoms with Gasteiger partial charge in [-0.05, 0) is 55.8 Å². The molecule has 1 aliphatic rings. The van der Waals surface area contributed by atoms with Gasteiger partial charge < -0.3 is 5.32 Å². The van der Waals surface area contributed by atoms with Gasteiger partial charge in [0.1, 0.15) is 0 Å². The van der Waals surface area contributed by atoms with E-state index in [-0.39, 0.29) is 0 Å². The first-order chi connectivity index (χ1) is 8.10. The summed E-state index contributed by atoms with van der Waals surface area (Å²) in [5.41, 5.74) is 4.79. The van der Waals surface area contributed by atoms with E-state index in [1.807, 2.05) is 0 Å². The second-order valence-corrected chi connectivity index (χ2v) is 5.74. The first-order valence-corrected chi connectivity index (χ1v) is 6.88. The van der Waals surface area contributed by atoms with Gasteiger partial charge in [-0.2, -0.15) is 0 Å². The van der Waals surface area contributed by atoms with E-state index in [0.29, 0.717) is 5.41 Å². The summed E-state index contributed by atoms with van der Waals surface area (Å²) in [6.45, 7) is 11.3. The van der Waals surface area contributed by atoms with Gasteiger partial charge in [0.2, 0.25) is 0 Å². The molecule has 17 heavy (non-hydrogen) atoms. The van der Waals surface area contributed by atoms with Gasteiger partial charge >= 0.3 is 0 Å². The molecular formula is C16H25N. The fraction of sp³-hybridized carbons (Fsp3) is 0.625. The van der Waals surface area contributed by atoms with Gasteiger partial charge in [0.05, 0.1) is 0 Å². The van der Waals surface area contributed by atoms with Gasteiger partial charge in [-0.1, -0.05) is 32.0 Å². The van der Waals surface area contributed by atoms with Crippen LogP contribution in [0.15, 0.2) is 18.2 Å². The standard InChI is InChI=1S/C16H25N/c1-5-8-17-11-16(10-14(16)4)15-7-6-12(2)13(3)9-15/h6-7,9,14,17H,5,8,10-11H2,1-4H3. The molecule has 0 aromatic heterocycles. The number of aryl methyl sites for hydroxylation is 2. The average molecular weight is 231 g/mol. The van der Waals surface area contributed by atoms with Crippen LogP contribution in [0.4, 0.5) is 0 Å². The third kappa shape index (κ3) is 2.40. The lowest BCUT2D eigenvalue weighted by atomic mass is 9.91. The van der Waals surface area contributed by atoms with Crippen molar-refractivity contribution in [2.24, 2.45) is 5.92 Å². The third-order valence-electron chi connectivity index (χ3n) is 4.40. The molecule has 1 aromatic carbocycles. The summed E-state index contributed by atoms with van der Waals surface area (Å²) in [4.78, 5) is 0. The Bertz CT molecular complexity index is 397. The molecular weight excluding hydrogens is 206 g/mol. The molecule has 2 atom stereocenters. The minimum atomic E-state index is 0.424. The zero-order chi connectivity index (χ0) is 12.5. The molecule has 0 amide bonds. The molecule has 2 rings (SSSR count). The highest BCUT2D eigenvalue weighted by Crippen LogP contribution is 2.53. The molecule has 0 spiro atoms. The van der Waals surface area contributed by atoms with Crippen molar-refractivity contribution < 1.29 is 0 Å². The average Bonchev–Trinajstić information content (AvgIpc) is 2.95. The molecule has 0 heterocycles.